The van der Waals surface area contributed by atoms with E-state index >= 15 is 0 Å². The average molecular weight is 257 g/mol. The van der Waals surface area contributed by atoms with Crippen LogP contribution in [-0.4, -0.2) is 21.6 Å². The number of imidazole rings is 1. The summed E-state index contributed by atoms with van der Waals surface area (Å²) in [4.78, 5) is 7.22. The van der Waals surface area contributed by atoms with Gasteiger partial charge in [-0.2, -0.15) is 0 Å². The molecule has 0 aliphatic carbocycles. The number of aromatic amines is 1. The molecular formula is C13H11N3OS. The third-order valence-electron chi connectivity index (χ3n) is 2.80. The first-order valence-electron chi connectivity index (χ1n) is 5.49. The second kappa shape index (κ2) is 4.27. The lowest BCUT2D eigenvalue weighted by Gasteiger charge is -2.06. The first-order valence-corrected chi connectivity index (χ1v) is 5.89. The lowest BCUT2D eigenvalue weighted by Crippen LogP contribution is -1.94. The van der Waals surface area contributed by atoms with Crippen molar-refractivity contribution in [2.24, 2.45) is 0 Å². The number of pyridine rings is 1. The van der Waals surface area contributed by atoms with Crippen LogP contribution in [0, 0.1) is 4.77 Å². The van der Waals surface area contributed by atoms with E-state index in [0.717, 1.165) is 22.5 Å². The highest BCUT2D eigenvalue weighted by molar-refractivity contribution is 7.71. The largest absolute Gasteiger partial charge is 0.497 e. The molecule has 0 aliphatic heterocycles. The maximum Gasteiger partial charge on any atom is 0.182 e. The number of aromatic nitrogens is 3. The molecule has 0 saturated carbocycles. The number of hydrogen-bond acceptors (Lipinski definition) is 3. The van der Waals surface area contributed by atoms with Gasteiger partial charge in [-0.15, -0.1) is 0 Å². The minimum Gasteiger partial charge on any atom is -0.497 e. The molecule has 5 heteroatoms. The Kier molecular flexibility index (Phi) is 2.60. The molecule has 0 saturated heterocycles. The van der Waals surface area contributed by atoms with Crippen molar-refractivity contribution >= 4 is 23.3 Å². The van der Waals surface area contributed by atoms with Crippen molar-refractivity contribution in [3.05, 3.63) is 47.5 Å². The fourth-order valence-electron chi connectivity index (χ4n) is 1.96. The highest BCUT2D eigenvalue weighted by Crippen LogP contribution is 2.21. The number of hydrogen-bond donors (Lipinski definition) is 1. The van der Waals surface area contributed by atoms with Crippen LogP contribution in [0.5, 0.6) is 5.75 Å². The maximum atomic E-state index is 5.35. The van der Waals surface area contributed by atoms with Crippen molar-refractivity contribution < 1.29 is 4.74 Å². The second-order valence-corrected chi connectivity index (χ2v) is 4.25. The zero-order valence-corrected chi connectivity index (χ0v) is 10.6. The molecule has 3 aromatic rings. The highest BCUT2D eigenvalue weighted by Gasteiger charge is 2.06. The van der Waals surface area contributed by atoms with Crippen molar-refractivity contribution in [3.63, 3.8) is 0 Å². The Hall–Kier alpha value is -2.14. The zero-order valence-electron chi connectivity index (χ0n) is 9.75. The van der Waals surface area contributed by atoms with Crippen LogP contribution < -0.4 is 4.74 Å². The van der Waals surface area contributed by atoms with Gasteiger partial charge in [0.05, 0.1) is 30.0 Å². The molecule has 3 rings (SSSR count). The molecular weight excluding hydrogens is 246 g/mol. The van der Waals surface area contributed by atoms with Crippen LogP contribution in [0.4, 0.5) is 0 Å². The zero-order chi connectivity index (χ0) is 12.5. The molecule has 0 radical (unpaired) electrons. The number of fused-ring (bicyclic) bond motifs is 1. The summed E-state index contributed by atoms with van der Waals surface area (Å²) >= 11 is 5.35. The van der Waals surface area contributed by atoms with Crippen molar-refractivity contribution in [1.82, 2.24) is 14.5 Å². The van der Waals surface area contributed by atoms with Gasteiger partial charge in [-0.25, -0.2) is 0 Å². The first-order chi connectivity index (χ1) is 8.79. The summed E-state index contributed by atoms with van der Waals surface area (Å²) in [6, 6.07) is 9.72. The predicted molar refractivity (Wildman–Crippen MR) is 72.8 cm³/mol. The number of rotatable bonds is 2. The first kappa shape index (κ1) is 11.0. The number of benzene rings is 1. The van der Waals surface area contributed by atoms with E-state index in [-0.39, 0.29) is 0 Å². The summed E-state index contributed by atoms with van der Waals surface area (Å²) in [7, 11) is 1.65. The number of nitrogens with one attached hydrogen (secondary N) is 1. The predicted octanol–water partition coefficient (Wildman–Crippen LogP) is 3.09. The van der Waals surface area contributed by atoms with Gasteiger partial charge >= 0.3 is 0 Å². The Balaban J connectivity index is 2.30. The van der Waals surface area contributed by atoms with Crippen LogP contribution in [0.25, 0.3) is 16.7 Å². The normalized spacial score (nSPS) is 10.7. The third kappa shape index (κ3) is 1.69. The quantitative estimate of drug-likeness (QED) is 0.717. The molecule has 0 bridgehead atoms. The molecule has 1 aromatic carbocycles. The third-order valence-corrected chi connectivity index (χ3v) is 3.08. The van der Waals surface area contributed by atoms with E-state index in [1.54, 1.807) is 19.5 Å². The lowest BCUT2D eigenvalue weighted by atomic mass is 10.3. The Morgan fingerprint density at radius 3 is 3.06 bits per heavy atom. The minimum atomic E-state index is 0.645. The molecule has 0 fully saturated rings. The molecule has 0 unspecified atom stereocenters. The van der Waals surface area contributed by atoms with E-state index in [4.69, 9.17) is 17.0 Å². The number of ether oxygens (including phenoxy) is 1. The highest BCUT2D eigenvalue weighted by atomic mass is 32.1. The van der Waals surface area contributed by atoms with Crippen LogP contribution >= 0.6 is 12.2 Å². The van der Waals surface area contributed by atoms with Crippen LogP contribution in [0.3, 0.4) is 0 Å². The smallest absolute Gasteiger partial charge is 0.182 e. The number of nitrogens with zero attached hydrogens (tertiary/aromatic N) is 2. The van der Waals surface area contributed by atoms with Crippen LogP contribution in [0.1, 0.15) is 0 Å². The summed E-state index contributed by atoms with van der Waals surface area (Å²) in [5.74, 6) is 0.804. The van der Waals surface area contributed by atoms with Gasteiger partial charge in [0.2, 0.25) is 0 Å². The van der Waals surface area contributed by atoms with E-state index < -0.39 is 0 Å². The van der Waals surface area contributed by atoms with Gasteiger partial charge < -0.3 is 9.72 Å². The summed E-state index contributed by atoms with van der Waals surface area (Å²) in [5, 5.41) is 0. The van der Waals surface area contributed by atoms with Crippen molar-refractivity contribution in [2.75, 3.05) is 7.11 Å². The maximum absolute atomic E-state index is 5.35. The topological polar surface area (TPSA) is 42.8 Å². The van der Waals surface area contributed by atoms with Gasteiger partial charge in [-0.3, -0.25) is 9.55 Å². The standard InChI is InChI=1S/C13H11N3OS/c1-17-10-4-2-3-9(7-10)16-12-5-6-14-8-11(12)15-13(16)18/h2-8H,1H3,(H,15,18). The lowest BCUT2D eigenvalue weighted by molar-refractivity contribution is 0.414. The summed E-state index contributed by atoms with van der Waals surface area (Å²) in [6.07, 6.45) is 3.52. The van der Waals surface area contributed by atoms with Gasteiger partial charge in [-0.05, 0) is 30.4 Å². The van der Waals surface area contributed by atoms with Gasteiger partial charge in [0.15, 0.2) is 4.77 Å². The molecule has 2 heterocycles. The fourth-order valence-corrected chi connectivity index (χ4v) is 2.28. The van der Waals surface area contributed by atoms with E-state index in [1.165, 1.54) is 0 Å². The van der Waals surface area contributed by atoms with Crippen LogP contribution in [-0.2, 0) is 0 Å². The average Bonchev–Trinajstić information content (AvgIpc) is 2.74. The van der Waals surface area contributed by atoms with Crippen LogP contribution in [0.2, 0.25) is 0 Å². The molecule has 0 spiro atoms. The van der Waals surface area contributed by atoms with Gasteiger partial charge in [0, 0.05) is 12.3 Å². The molecule has 2 aromatic heterocycles. The van der Waals surface area contributed by atoms with Gasteiger partial charge in [0.1, 0.15) is 5.75 Å². The summed E-state index contributed by atoms with van der Waals surface area (Å²) < 4.78 is 7.85. The number of methoxy groups -OCH3 is 1. The van der Waals surface area contributed by atoms with Crippen LogP contribution in [0.15, 0.2) is 42.7 Å². The Bertz CT molecular complexity index is 760. The van der Waals surface area contributed by atoms with Crippen molar-refractivity contribution in [1.29, 1.82) is 0 Å². The van der Waals surface area contributed by atoms with E-state index in [9.17, 15) is 0 Å². The Labute approximate surface area is 109 Å². The molecule has 90 valence electrons. The van der Waals surface area contributed by atoms with Crippen molar-refractivity contribution in [3.8, 4) is 11.4 Å². The SMILES string of the molecule is COc1cccc(-n2c(=S)[nH]c3cnccc32)c1. The number of H-pyrrole nitrogens is 1. The minimum absolute atomic E-state index is 0.645. The molecule has 4 nitrogen and oxygen atoms in total. The molecule has 1 N–H and O–H groups in total. The molecule has 18 heavy (non-hydrogen) atoms. The van der Waals surface area contributed by atoms with Gasteiger partial charge in [-0.1, -0.05) is 6.07 Å². The Morgan fingerprint density at radius 1 is 1.33 bits per heavy atom. The molecule has 0 atom stereocenters. The van der Waals surface area contributed by atoms with Gasteiger partial charge in [0.25, 0.3) is 0 Å². The van der Waals surface area contributed by atoms with E-state index in [1.807, 2.05) is 34.9 Å². The molecule has 0 aliphatic rings. The monoisotopic (exact) mass is 257 g/mol. The van der Waals surface area contributed by atoms with E-state index in [2.05, 4.69) is 9.97 Å². The second-order valence-electron chi connectivity index (χ2n) is 3.86. The van der Waals surface area contributed by atoms with Crippen molar-refractivity contribution in [2.45, 2.75) is 0 Å². The summed E-state index contributed by atoms with van der Waals surface area (Å²) in [6.45, 7) is 0. The fraction of sp³-hybridized carbons (Fsp3) is 0.0769. The summed E-state index contributed by atoms with van der Waals surface area (Å²) in [5.41, 5.74) is 2.89. The molecule has 0 amide bonds. The van der Waals surface area contributed by atoms with E-state index in [0.29, 0.717) is 4.77 Å². The Morgan fingerprint density at radius 2 is 2.22 bits per heavy atom.